The number of benzene rings is 2. The Kier molecular flexibility index (Phi) is 9.09. The van der Waals surface area contributed by atoms with Crippen molar-refractivity contribution in [1.82, 2.24) is 5.32 Å². The van der Waals surface area contributed by atoms with Crippen molar-refractivity contribution in [2.75, 3.05) is 51.5 Å². The Labute approximate surface area is 190 Å². The first-order valence-electron chi connectivity index (χ1n) is 11.4. The van der Waals surface area contributed by atoms with E-state index in [4.69, 9.17) is 9.47 Å². The summed E-state index contributed by atoms with van der Waals surface area (Å²) in [5.74, 6) is -0.345. The molecule has 0 radical (unpaired) electrons. The lowest BCUT2D eigenvalue weighted by Crippen LogP contribution is -2.29. The monoisotopic (exact) mass is 435 g/mol. The number of hydrogen-bond donors (Lipinski definition) is 1. The summed E-state index contributed by atoms with van der Waals surface area (Å²) in [6.07, 6.45) is 4.50. The van der Waals surface area contributed by atoms with E-state index >= 15 is 0 Å². The van der Waals surface area contributed by atoms with Crippen molar-refractivity contribution < 1.29 is 14.3 Å². The van der Waals surface area contributed by atoms with Crippen LogP contribution in [0, 0.1) is 11.3 Å². The number of fused-ring (bicyclic) bond motifs is 1. The zero-order chi connectivity index (χ0) is 22.8. The van der Waals surface area contributed by atoms with Crippen molar-refractivity contribution in [3.8, 4) is 6.07 Å². The molecule has 0 atom stereocenters. The highest BCUT2D eigenvalue weighted by atomic mass is 16.5. The Bertz CT molecular complexity index is 987. The van der Waals surface area contributed by atoms with Crippen molar-refractivity contribution >= 4 is 27.9 Å². The van der Waals surface area contributed by atoms with Crippen LogP contribution < -0.4 is 10.2 Å². The maximum Gasteiger partial charge on any atom is 0.262 e. The molecule has 1 aliphatic rings. The highest BCUT2D eigenvalue weighted by Crippen LogP contribution is 2.28. The average molecular weight is 436 g/mol. The van der Waals surface area contributed by atoms with Crippen LogP contribution in [0.2, 0.25) is 0 Å². The summed E-state index contributed by atoms with van der Waals surface area (Å²) in [6, 6.07) is 14.7. The molecule has 1 aliphatic heterocycles. The molecule has 0 saturated carbocycles. The van der Waals surface area contributed by atoms with Gasteiger partial charge in [-0.25, -0.2) is 0 Å². The zero-order valence-corrected chi connectivity index (χ0v) is 19.2. The Morgan fingerprint density at radius 3 is 2.56 bits per heavy atom. The molecule has 32 heavy (non-hydrogen) atoms. The molecule has 1 saturated heterocycles. The fourth-order valence-corrected chi connectivity index (χ4v) is 3.97. The van der Waals surface area contributed by atoms with Crippen molar-refractivity contribution in [2.45, 2.75) is 32.6 Å². The second kappa shape index (κ2) is 12.2. The Morgan fingerprint density at radius 1 is 1.06 bits per heavy atom. The van der Waals surface area contributed by atoms with Crippen molar-refractivity contribution in [1.29, 1.82) is 5.26 Å². The Morgan fingerprint density at radius 2 is 1.81 bits per heavy atom. The van der Waals surface area contributed by atoms with E-state index in [2.05, 4.69) is 46.6 Å². The molecule has 170 valence electrons. The first-order chi connectivity index (χ1) is 15.6. The number of methoxy groups -OCH3 is 1. The molecular formula is C26H33N3O3. The van der Waals surface area contributed by atoms with Crippen LogP contribution in [0.3, 0.4) is 0 Å². The molecule has 1 amide bonds. The van der Waals surface area contributed by atoms with E-state index < -0.39 is 0 Å². The summed E-state index contributed by atoms with van der Waals surface area (Å²) in [7, 11) is 1.63. The van der Waals surface area contributed by atoms with Crippen molar-refractivity contribution in [3.05, 3.63) is 47.5 Å². The van der Waals surface area contributed by atoms with Gasteiger partial charge in [0.1, 0.15) is 11.6 Å². The predicted octanol–water partition coefficient (Wildman–Crippen LogP) is 4.30. The fraction of sp³-hybridized carbons (Fsp3) is 0.462. The fourth-order valence-electron chi connectivity index (χ4n) is 3.97. The zero-order valence-electron chi connectivity index (χ0n) is 19.2. The smallest absolute Gasteiger partial charge is 0.262 e. The molecule has 0 bridgehead atoms. The van der Waals surface area contributed by atoms with Gasteiger partial charge >= 0.3 is 0 Å². The van der Waals surface area contributed by atoms with Gasteiger partial charge < -0.3 is 19.7 Å². The van der Waals surface area contributed by atoms with Crippen LogP contribution >= 0.6 is 0 Å². The Balaban J connectivity index is 1.66. The van der Waals surface area contributed by atoms with Crippen molar-refractivity contribution in [2.24, 2.45) is 0 Å². The maximum atomic E-state index is 12.5. The third kappa shape index (κ3) is 6.32. The third-order valence-electron chi connectivity index (χ3n) is 5.87. The van der Waals surface area contributed by atoms with Crippen LogP contribution in [-0.4, -0.2) is 52.5 Å². The molecule has 0 aliphatic carbocycles. The number of nitrogens with zero attached hydrogens (tertiary/aromatic N) is 2. The van der Waals surface area contributed by atoms with Crippen LogP contribution in [0.15, 0.2) is 42.0 Å². The summed E-state index contributed by atoms with van der Waals surface area (Å²) >= 11 is 0. The molecule has 1 fully saturated rings. The first kappa shape index (κ1) is 23.8. The number of carbonyl (C=O) groups excluding carboxylic acids is 1. The highest BCUT2D eigenvalue weighted by Gasteiger charge is 2.15. The summed E-state index contributed by atoms with van der Waals surface area (Å²) in [5.41, 5.74) is 2.98. The van der Waals surface area contributed by atoms with E-state index in [1.165, 1.54) is 30.3 Å². The van der Waals surface area contributed by atoms with E-state index in [0.29, 0.717) is 38.4 Å². The largest absolute Gasteiger partial charge is 0.382 e. The van der Waals surface area contributed by atoms with Crippen LogP contribution in [0.25, 0.3) is 16.3 Å². The number of carbonyl (C=O) groups is 1. The van der Waals surface area contributed by atoms with Gasteiger partial charge in [-0.2, -0.15) is 5.26 Å². The number of piperidine rings is 1. The molecule has 6 heteroatoms. The SMILES string of the molecule is COCCOCCCNC(=O)/C(C#N)=C(\C)c1ccc2cc(N3CCCCC3)ccc2c1. The lowest BCUT2D eigenvalue weighted by Gasteiger charge is -2.29. The van der Waals surface area contributed by atoms with Gasteiger partial charge in [-0.3, -0.25) is 4.79 Å². The number of rotatable bonds is 10. The van der Waals surface area contributed by atoms with Crippen LogP contribution in [0.1, 0.15) is 38.2 Å². The molecule has 0 aromatic heterocycles. The molecule has 1 heterocycles. The second-order valence-corrected chi connectivity index (χ2v) is 8.12. The molecule has 3 rings (SSSR count). The van der Waals surface area contributed by atoms with Crippen LogP contribution in [-0.2, 0) is 14.3 Å². The van der Waals surface area contributed by atoms with Gasteiger partial charge in [0.15, 0.2) is 0 Å². The summed E-state index contributed by atoms with van der Waals surface area (Å²) in [6.45, 7) is 6.15. The topological polar surface area (TPSA) is 74.6 Å². The number of ether oxygens (including phenoxy) is 2. The quantitative estimate of drug-likeness (QED) is 0.342. The third-order valence-corrected chi connectivity index (χ3v) is 5.87. The minimum Gasteiger partial charge on any atom is -0.382 e. The lowest BCUT2D eigenvalue weighted by atomic mass is 9.98. The predicted molar refractivity (Wildman–Crippen MR) is 129 cm³/mol. The maximum absolute atomic E-state index is 12.5. The van der Waals surface area contributed by atoms with Gasteiger partial charge in [0, 0.05) is 39.0 Å². The van der Waals surface area contributed by atoms with E-state index in [9.17, 15) is 10.1 Å². The number of nitriles is 1. The summed E-state index contributed by atoms with van der Waals surface area (Å²) in [5, 5.41) is 14.7. The highest BCUT2D eigenvalue weighted by molar-refractivity contribution is 6.05. The molecule has 0 spiro atoms. The minimum absolute atomic E-state index is 0.148. The van der Waals surface area contributed by atoms with Gasteiger partial charge in [0.25, 0.3) is 5.91 Å². The average Bonchev–Trinajstić information content (AvgIpc) is 2.83. The van der Waals surface area contributed by atoms with Crippen LogP contribution in [0.4, 0.5) is 5.69 Å². The molecule has 6 nitrogen and oxygen atoms in total. The van der Waals surface area contributed by atoms with Gasteiger partial charge in [-0.05, 0) is 72.7 Å². The molecule has 0 unspecified atom stereocenters. The van der Waals surface area contributed by atoms with Gasteiger partial charge in [-0.1, -0.05) is 18.2 Å². The molecule has 2 aromatic rings. The normalized spacial score (nSPS) is 14.7. The van der Waals surface area contributed by atoms with E-state index in [-0.39, 0.29) is 11.5 Å². The lowest BCUT2D eigenvalue weighted by molar-refractivity contribution is -0.117. The second-order valence-electron chi connectivity index (χ2n) is 8.12. The molecule has 1 N–H and O–H groups in total. The number of hydrogen-bond acceptors (Lipinski definition) is 5. The van der Waals surface area contributed by atoms with Gasteiger partial charge in [0.2, 0.25) is 0 Å². The van der Waals surface area contributed by atoms with Gasteiger partial charge in [-0.15, -0.1) is 0 Å². The number of allylic oxidation sites excluding steroid dienone is 1. The molecular weight excluding hydrogens is 402 g/mol. The first-order valence-corrected chi connectivity index (χ1v) is 11.4. The van der Waals surface area contributed by atoms with E-state index in [1.54, 1.807) is 7.11 Å². The minimum atomic E-state index is -0.345. The van der Waals surface area contributed by atoms with Crippen molar-refractivity contribution in [3.63, 3.8) is 0 Å². The Hall–Kier alpha value is -2.88. The number of nitrogens with one attached hydrogen (secondary N) is 1. The summed E-state index contributed by atoms with van der Waals surface area (Å²) < 4.78 is 10.3. The standard InChI is InChI=1S/C26H33N3O3/c1-20(25(19-27)26(30)28-11-6-14-32-16-15-31-2)21-7-8-23-18-24(10-9-22(23)17-21)29-12-4-3-5-13-29/h7-10,17-18H,3-6,11-16H2,1-2H3,(H,28,30)/b25-20+. The van der Waals surface area contributed by atoms with Gasteiger partial charge in [0.05, 0.1) is 13.2 Å². The summed E-state index contributed by atoms with van der Waals surface area (Å²) in [4.78, 5) is 15.0. The van der Waals surface area contributed by atoms with E-state index in [0.717, 1.165) is 24.0 Å². The number of amides is 1. The van der Waals surface area contributed by atoms with Crippen LogP contribution in [0.5, 0.6) is 0 Å². The molecule has 2 aromatic carbocycles. The number of anilines is 1. The van der Waals surface area contributed by atoms with E-state index in [1.807, 2.05) is 13.0 Å².